The van der Waals surface area contributed by atoms with Crippen molar-refractivity contribution < 1.29 is 19.4 Å². The van der Waals surface area contributed by atoms with Crippen molar-refractivity contribution in [1.82, 2.24) is 5.32 Å². The van der Waals surface area contributed by atoms with E-state index >= 15 is 0 Å². The first kappa shape index (κ1) is 15.6. The van der Waals surface area contributed by atoms with Crippen molar-refractivity contribution in [3.8, 4) is 11.5 Å². The first-order chi connectivity index (χ1) is 10.1. The van der Waals surface area contributed by atoms with Crippen LogP contribution < -0.4 is 14.8 Å². The molecular weight excluding hydrogens is 270 g/mol. The number of benzene rings is 1. The third-order valence-electron chi connectivity index (χ3n) is 3.87. The van der Waals surface area contributed by atoms with E-state index in [0.717, 1.165) is 19.3 Å². The van der Waals surface area contributed by atoms with Crippen molar-refractivity contribution in [2.24, 2.45) is 5.92 Å². The van der Waals surface area contributed by atoms with Gasteiger partial charge in [-0.05, 0) is 44.4 Å². The first-order valence-electron chi connectivity index (χ1n) is 7.41. The van der Waals surface area contributed by atoms with Gasteiger partial charge in [0.05, 0.1) is 6.61 Å². The second-order valence-electron chi connectivity index (χ2n) is 5.38. The summed E-state index contributed by atoms with van der Waals surface area (Å²) in [6.45, 7) is 2.74. The summed E-state index contributed by atoms with van der Waals surface area (Å²) in [4.78, 5) is 11.6. The summed E-state index contributed by atoms with van der Waals surface area (Å²) in [5.41, 5.74) is -1.02. The monoisotopic (exact) mass is 293 g/mol. The summed E-state index contributed by atoms with van der Waals surface area (Å²) in [5, 5.41) is 12.5. The van der Waals surface area contributed by atoms with E-state index in [4.69, 9.17) is 9.47 Å². The average Bonchev–Trinajstić information content (AvgIpc) is 3.32. The standard InChI is InChI=1S/C16H23NO4/c1-3-10-20-13-6-4-5-7-14(13)21-11-16(17-2,15(18)19)12-8-9-12/h4-7,12,17H,3,8-11H2,1-2H3,(H,18,19). The topological polar surface area (TPSA) is 67.8 Å². The summed E-state index contributed by atoms with van der Waals surface area (Å²) in [6, 6.07) is 7.37. The Morgan fingerprint density at radius 3 is 2.43 bits per heavy atom. The molecule has 2 rings (SSSR count). The van der Waals surface area contributed by atoms with Gasteiger partial charge in [0.15, 0.2) is 17.0 Å². The lowest BCUT2D eigenvalue weighted by molar-refractivity contribution is -0.147. The molecule has 5 nitrogen and oxygen atoms in total. The molecule has 0 radical (unpaired) electrons. The van der Waals surface area contributed by atoms with Crippen LogP contribution in [0.1, 0.15) is 26.2 Å². The van der Waals surface area contributed by atoms with Crippen molar-refractivity contribution in [3.63, 3.8) is 0 Å². The SMILES string of the molecule is CCCOc1ccccc1OCC(NC)(C(=O)O)C1CC1. The Hall–Kier alpha value is -1.75. The molecule has 0 spiro atoms. The molecule has 1 fully saturated rings. The zero-order valence-electron chi connectivity index (χ0n) is 12.6. The maximum atomic E-state index is 11.6. The Morgan fingerprint density at radius 1 is 1.33 bits per heavy atom. The molecule has 0 aromatic heterocycles. The van der Waals surface area contributed by atoms with Crippen molar-refractivity contribution in [2.45, 2.75) is 31.7 Å². The summed E-state index contributed by atoms with van der Waals surface area (Å²) >= 11 is 0. The van der Waals surface area contributed by atoms with Gasteiger partial charge in [0.2, 0.25) is 0 Å². The Kier molecular flexibility index (Phi) is 5.07. The smallest absolute Gasteiger partial charge is 0.327 e. The summed E-state index contributed by atoms with van der Waals surface area (Å²) in [6.07, 6.45) is 2.75. The lowest BCUT2D eigenvalue weighted by Crippen LogP contribution is -2.56. The molecule has 0 heterocycles. The molecule has 116 valence electrons. The Morgan fingerprint density at radius 2 is 1.95 bits per heavy atom. The molecule has 0 saturated heterocycles. The molecule has 1 aromatic carbocycles. The van der Waals surface area contributed by atoms with E-state index in [1.54, 1.807) is 13.1 Å². The van der Waals surface area contributed by atoms with Crippen LogP contribution in [-0.2, 0) is 4.79 Å². The number of carboxylic acid groups (broad SMARTS) is 1. The highest BCUT2D eigenvalue weighted by Crippen LogP contribution is 2.40. The van der Waals surface area contributed by atoms with Crippen LogP contribution in [0.2, 0.25) is 0 Å². The number of aliphatic carboxylic acids is 1. The van der Waals surface area contributed by atoms with Crippen molar-refractivity contribution in [2.75, 3.05) is 20.3 Å². The van der Waals surface area contributed by atoms with E-state index in [1.807, 2.05) is 25.1 Å². The maximum absolute atomic E-state index is 11.6. The highest BCUT2D eigenvalue weighted by Gasteiger charge is 2.51. The summed E-state index contributed by atoms with van der Waals surface area (Å²) < 4.78 is 11.4. The zero-order valence-corrected chi connectivity index (χ0v) is 12.6. The Balaban J connectivity index is 2.09. The van der Waals surface area contributed by atoms with E-state index in [2.05, 4.69) is 5.32 Å². The van der Waals surface area contributed by atoms with Gasteiger partial charge in [-0.25, -0.2) is 0 Å². The molecule has 1 unspecified atom stereocenters. The quantitative estimate of drug-likeness (QED) is 0.731. The highest BCUT2D eigenvalue weighted by atomic mass is 16.5. The third kappa shape index (κ3) is 3.47. The first-order valence-corrected chi connectivity index (χ1v) is 7.41. The van der Waals surface area contributed by atoms with Crippen LogP contribution >= 0.6 is 0 Å². The number of likely N-dealkylation sites (N-methyl/N-ethyl adjacent to an activating group) is 1. The lowest BCUT2D eigenvalue weighted by atomic mass is 9.94. The highest BCUT2D eigenvalue weighted by molar-refractivity contribution is 5.80. The van der Waals surface area contributed by atoms with Crippen LogP contribution in [0, 0.1) is 5.92 Å². The van der Waals surface area contributed by atoms with Gasteiger partial charge in [0.1, 0.15) is 6.61 Å². The molecule has 1 aliphatic carbocycles. The van der Waals surface area contributed by atoms with E-state index in [0.29, 0.717) is 18.1 Å². The Bertz CT molecular complexity index is 487. The minimum atomic E-state index is -1.02. The van der Waals surface area contributed by atoms with Crippen molar-refractivity contribution in [3.05, 3.63) is 24.3 Å². The van der Waals surface area contributed by atoms with Crippen LogP contribution in [0.5, 0.6) is 11.5 Å². The normalized spacial score (nSPS) is 17.0. The molecule has 2 N–H and O–H groups in total. The lowest BCUT2D eigenvalue weighted by Gasteiger charge is -2.29. The number of hydrogen-bond acceptors (Lipinski definition) is 4. The van der Waals surface area contributed by atoms with Gasteiger partial charge in [-0.1, -0.05) is 19.1 Å². The predicted molar refractivity (Wildman–Crippen MR) is 79.9 cm³/mol. The van der Waals surface area contributed by atoms with Gasteiger partial charge in [-0.15, -0.1) is 0 Å². The third-order valence-corrected chi connectivity index (χ3v) is 3.87. The zero-order chi connectivity index (χ0) is 15.3. The number of carbonyl (C=O) groups is 1. The molecule has 1 aliphatic rings. The molecule has 0 aliphatic heterocycles. The maximum Gasteiger partial charge on any atom is 0.327 e. The number of carboxylic acids is 1. The van der Waals surface area contributed by atoms with Gasteiger partial charge < -0.3 is 19.9 Å². The summed E-state index contributed by atoms with van der Waals surface area (Å²) in [7, 11) is 1.68. The second-order valence-corrected chi connectivity index (χ2v) is 5.38. The van der Waals surface area contributed by atoms with Gasteiger partial charge in [0, 0.05) is 0 Å². The fourth-order valence-corrected chi connectivity index (χ4v) is 2.41. The van der Waals surface area contributed by atoms with E-state index in [1.165, 1.54) is 0 Å². The van der Waals surface area contributed by atoms with E-state index < -0.39 is 11.5 Å². The average molecular weight is 293 g/mol. The fraction of sp³-hybridized carbons (Fsp3) is 0.562. The van der Waals surface area contributed by atoms with Crippen LogP contribution in [0.25, 0.3) is 0 Å². The number of nitrogens with one attached hydrogen (secondary N) is 1. The summed E-state index contributed by atoms with van der Waals surface area (Å²) in [5.74, 6) is 0.515. The van der Waals surface area contributed by atoms with Gasteiger partial charge in [-0.3, -0.25) is 4.79 Å². The second kappa shape index (κ2) is 6.80. The molecule has 1 aromatic rings. The van der Waals surface area contributed by atoms with Crippen molar-refractivity contribution >= 4 is 5.97 Å². The number of para-hydroxylation sites is 2. The van der Waals surface area contributed by atoms with Crippen LogP contribution in [0.3, 0.4) is 0 Å². The molecule has 0 amide bonds. The number of ether oxygens (including phenoxy) is 2. The largest absolute Gasteiger partial charge is 0.490 e. The Labute approximate surface area is 125 Å². The minimum absolute atomic E-state index is 0.0933. The number of rotatable bonds is 9. The minimum Gasteiger partial charge on any atom is -0.490 e. The molecule has 0 bridgehead atoms. The molecule has 1 saturated carbocycles. The molecule has 21 heavy (non-hydrogen) atoms. The molecular formula is C16H23NO4. The number of hydrogen-bond donors (Lipinski definition) is 2. The van der Waals surface area contributed by atoms with Crippen molar-refractivity contribution in [1.29, 1.82) is 0 Å². The fourth-order valence-electron chi connectivity index (χ4n) is 2.41. The van der Waals surface area contributed by atoms with Gasteiger partial charge in [0.25, 0.3) is 0 Å². The van der Waals surface area contributed by atoms with Crippen LogP contribution in [-0.4, -0.2) is 36.9 Å². The van der Waals surface area contributed by atoms with Crippen LogP contribution in [0.4, 0.5) is 0 Å². The van der Waals surface area contributed by atoms with E-state index in [-0.39, 0.29) is 12.5 Å². The van der Waals surface area contributed by atoms with Gasteiger partial charge in [-0.2, -0.15) is 0 Å². The van der Waals surface area contributed by atoms with E-state index in [9.17, 15) is 9.90 Å². The molecule has 5 heteroatoms. The van der Waals surface area contributed by atoms with Crippen LogP contribution in [0.15, 0.2) is 24.3 Å². The predicted octanol–water partition coefficient (Wildman–Crippen LogP) is 2.31. The molecule has 1 atom stereocenters. The van der Waals surface area contributed by atoms with Gasteiger partial charge >= 0.3 is 5.97 Å².